The third-order valence-corrected chi connectivity index (χ3v) is 3.44. The highest BCUT2D eigenvalue weighted by Gasteiger charge is 2.08. The van der Waals surface area contributed by atoms with Gasteiger partial charge in [-0.25, -0.2) is 4.98 Å². The van der Waals surface area contributed by atoms with Crippen molar-refractivity contribution in [2.24, 2.45) is 0 Å². The van der Waals surface area contributed by atoms with Crippen LogP contribution in [0.3, 0.4) is 0 Å². The first-order valence-electron chi connectivity index (χ1n) is 6.91. The fourth-order valence-electron chi connectivity index (χ4n) is 2.63. The van der Waals surface area contributed by atoms with E-state index in [1.165, 1.54) is 16.7 Å². The maximum Gasteiger partial charge on any atom is 0.222 e. The number of aromatic nitrogens is 2. The smallest absolute Gasteiger partial charge is 0.222 e. The summed E-state index contributed by atoms with van der Waals surface area (Å²) < 4.78 is 0. The summed E-state index contributed by atoms with van der Waals surface area (Å²) in [4.78, 5) is 8.21. The number of aryl methyl sites for hydroxylation is 4. The maximum atomic E-state index is 5.92. The Morgan fingerprint density at radius 3 is 2.15 bits per heavy atom. The molecule has 0 spiro atoms. The second-order valence-corrected chi connectivity index (χ2v) is 5.38. The van der Waals surface area contributed by atoms with Gasteiger partial charge in [0, 0.05) is 11.3 Å². The normalized spacial score (nSPS) is 10.8. The number of nitrogen functional groups attached to an aromatic ring is 2. The predicted molar refractivity (Wildman–Crippen MR) is 83.5 cm³/mol. The van der Waals surface area contributed by atoms with Crippen LogP contribution in [0.15, 0.2) is 18.2 Å². The first-order chi connectivity index (χ1) is 9.45. The van der Waals surface area contributed by atoms with Gasteiger partial charge in [0.25, 0.3) is 0 Å². The molecule has 1 aromatic carbocycles. The molecule has 4 N–H and O–H groups in total. The minimum Gasteiger partial charge on any atom is -0.383 e. The summed E-state index contributed by atoms with van der Waals surface area (Å²) in [5.41, 5.74) is 17.4. The molecule has 0 fully saturated rings. The van der Waals surface area contributed by atoms with Gasteiger partial charge in [-0.15, -0.1) is 0 Å². The molecule has 20 heavy (non-hydrogen) atoms. The van der Waals surface area contributed by atoms with E-state index in [1.54, 1.807) is 0 Å². The van der Waals surface area contributed by atoms with Crippen LogP contribution in [0.2, 0.25) is 0 Å². The van der Waals surface area contributed by atoms with Crippen LogP contribution in [-0.2, 0) is 12.8 Å². The number of benzene rings is 1. The zero-order chi connectivity index (χ0) is 14.7. The fourth-order valence-corrected chi connectivity index (χ4v) is 2.63. The molecule has 0 unspecified atom stereocenters. The lowest BCUT2D eigenvalue weighted by atomic mass is 10.0. The van der Waals surface area contributed by atoms with Crippen LogP contribution < -0.4 is 11.5 Å². The monoisotopic (exact) mass is 270 g/mol. The van der Waals surface area contributed by atoms with Gasteiger partial charge in [0.1, 0.15) is 5.82 Å². The molecule has 0 aliphatic heterocycles. The van der Waals surface area contributed by atoms with Gasteiger partial charge in [-0.3, -0.25) is 0 Å². The molecule has 0 saturated carbocycles. The number of nitrogens with two attached hydrogens (primary N) is 2. The first-order valence-corrected chi connectivity index (χ1v) is 6.91. The van der Waals surface area contributed by atoms with Gasteiger partial charge in [0.05, 0.1) is 0 Å². The van der Waals surface area contributed by atoms with E-state index in [9.17, 15) is 0 Å². The van der Waals surface area contributed by atoms with Gasteiger partial charge in [-0.1, -0.05) is 29.3 Å². The molecule has 2 aromatic rings. The number of hydrogen-bond acceptors (Lipinski definition) is 4. The Balaban J connectivity index is 2.03. The maximum absolute atomic E-state index is 5.92. The van der Waals surface area contributed by atoms with Crippen molar-refractivity contribution in [3.63, 3.8) is 0 Å². The third-order valence-electron chi connectivity index (χ3n) is 3.44. The topological polar surface area (TPSA) is 77.8 Å². The molecule has 4 heteroatoms. The standard InChI is InChI=1S/C16H22N4/c1-10-7-11(2)9-13(8-10)5-4-6-14-12(3)19-16(18)20-15(14)17/h7-9H,4-6H2,1-3H3,(H4,17,18,19,20). The number of anilines is 2. The Morgan fingerprint density at radius 2 is 1.55 bits per heavy atom. The van der Waals surface area contributed by atoms with Crippen molar-refractivity contribution in [2.75, 3.05) is 11.5 Å². The van der Waals surface area contributed by atoms with E-state index in [4.69, 9.17) is 11.5 Å². The summed E-state index contributed by atoms with van der Waals surface area (Å²) in [6.07, 6.45) is 2.94. The van der Waals surface area contributed by atoms with Crippen LogP contribution in [0.1, 0.15) is 34.4 Å². The van der Waals surface area contributed by atoms with E-state index >= 15 is 0 Å². The molecule has 0 saturated heterocycles. The summed E-state index contributed by atoms with van der Waals surface area (Å²) in [6.45, 7) is 6.19. The molecule has 0 radical (unpaired) electrons. The van der Waals surface area contributed by atoms with Gasteiger partial charge in [0.15, 0.2) is 0 Å². The van der Waals surface area contributed by atoms with E-state index < -0.39 is 0 Å². The largest absolute Gasteiger partial charge is 0.383 e. The van der Waals surface area contributed by atoms with E-state index in [-0.39, 0.29) is 5.95 Å². The highest BCUT2D eigenvalue weighted by atomic mass is 15.0. The molecule has 0 aliphatic carbocycles. The molecule has 4 nitrogen and oxygen atoms in total. The lowest BCUT2D eigenvalue weighted by Crippen LogP contribution is -2.07. The molecule has 106 valence electrons. The summed E-state index contributed by atoms with van der Waals surface area (Å²) in [5, 5.41) is 0. The van der Waals surface area contributed by atoms with Gasteiger partial charge in [-0.05, 0) is 45.6 Å². The molecule has 0 atom stereocenters. The lowest BCUT2D eigenvalue weighted by molar-refractivity contribution is 0.806. The fraction of sp³-hybridized carbons (Fsp3) is 0.375. The molecule has 0 bridgehead atoms. The minimum atomic E-state index is 0.248. The molecule has 2 rings (SSSR count). The second-order valence-electron chi connectivity index (χ2n) is 5.38. The van der Waals surface area contributed by atoms with Crippen molar-refractivity contribution < 1.29 is 0 Å². The van der Waals surface area contributed by atoms with Crippen LogP contribution in [0.5, 0.6) is 0 Å². The van der Waals surface area contributed by atoms with E-state index in [0.29, 0.717) is 5.82 Å². The van der Waals surface area contributed by atoms with E-state index in [1.807, 2.05) is 6.92 Å². The van der Waals surface area contributed by atoms with Crippen molar-refractivity contribution in [3.05, 3.63) is 46.1 Å². The predicted octanol–water partition coefficient (Wildman–Crippen LogP) is 2.74. The SMILES string of the molecule is Cc1cc(C)cc(CCCc2c(C)nc(N)nc2N)c1. The van der Waals surface area contributed by atoms with Crippen LogP contribution in [-0.4, -0.2) is 9.97 Å². The van der Waals surface area contributed by atoms with Crippen molar-refractivity contribution in [2.45, 2.75) is 40.0 Å². The Bertz CT molecular complexity index is 577. The van der Waals surface area contributed by atoms with Crippen LogP contribution >= 0.6 is 0 Å². The Labute approximate surface area is 120 Å². The summed E-state index contributed by atoms with van der Waals surface area (Å²) in [7, 11) is 0. The summed E-state index contributed by atoms with van der Waals surface area (Å²) >= 11 is 0. The summed E-state index contributed by atoms with van der Waals surface area (Å²) in [6, 6.07) is 6.67. The first kappa shape index (κ1) is 14.3. The van der Waals surface area contributed by atoms with E-state index in [2.05, 4.69) is 42.0 Å². The molecule has 1 aromatic heterocycles. The van der Waals surface area contributed by atoms with Crippen molar-refractivity contribution >= 4 is 11.8 Å². The molecule has 0 aliphatic rings. The van der Waals surface area contributed by atoms with Crippen LogP contribution in [0, 0.1) is 20.8 Å². The molecule has 1 heterocycles. The van der Waals surface area contributed by atoms with Crippen molar-refractivity contribution in [3.8, 4) is 0 Å². The number of nitrogens with zero attached hydrogens (tertiary/aromatic N) is 2. The minimum absolute atomic E-state index is 0.248. The third kappa shape index (κ3) is 3.47. The van der Waals surface area contributed by atoms with Crippen molar-refractivity contribution in [1.82, 2.24) is 9.97 Å². The zero-order valence-corrected chi connectivity index (χ0v) is 12.4. The van der Waals surface area contributed by atoms with Crippen molar-refractivity contribution in [1.29, 1.82) is 0 Å². The average Bonchev–Trinajstić information content (AvgIpc) is 2.31. The van der Waals surface area contributed by atoms with Gasteiger partial charge < -0.3 is 11.5 Å². The zero-order valence-electron chi connectivity index (χ0n) is 12.4. The van der Waals surface area contributed by atoms with Crippen LogP contribution in [0.4, 0.5) is 11.8 Å². The number of rotatable bonds is 4. The number of hydrogen-bond donors (Lipinski definition) is 2. The van der Waals surface area contributed by atoms with Gasteiger partial charge in [-0.2, -0.15) is 4.98 Å². The highest BCUT2D eigenvalue weighted by Crippen LogP contribution is 2.18. The highest BCUT2D eigenvalue weighted by molar-refractivity contribution is 5.45. The average molecular weight is 270 g/mol. The van der Waals surface area contributed by atoms with Gasteiger partial charge >= 0.3 is 0 Å². The quantitative estimate of drug-likeness (QED) is 0.895. The lowest BCUT2D eigenvalue weighted by Gasteiger charge is -2.09. The summed E-state index contributed by atoms with van der Waals surface area (Å²) in [5.74, 6) is 0.758. The Morgan fingerprint density at radius 1 is 0.900 bits per heavy atom. The Hall–Kier alpha value is -2.10. The second kappa shape index (κ2) is 5.90. The molecular formula is C16H22N4. The molecular weight excluding hydrogens is 248 g/mol. The molecule has 0 amide bonds. The Kier molecular flexibility index (Phi) is 4.23. The van der Waals surface area contributed by atoms with Crippen LogP contribution in [0.25, 0.3) is 0 Å². The van der Waals surface area contributed by atoms with Gasteiger partial charge in [0.2, 0.25) is 5.95 Å². The van der Waals surface area contributed by atoms with E-state index in [0.717, 1.165) is 30.5 Å².